The third-order valence-electron chi connectivity index (χ3n) is 4.60. The van der Waals surface area contributed by atoms with E-state index in [0.717, 1.165) is 36.8 Å². The van der Waals surface area contributed by atoms with Crippen LogP contribution in [0, 0.1) is 5.82 Å². The van der Waals surface area contributed by atoms with Crippen molar-refractivity contribution in [2.24, 2.45) is 0 Å². The number of aromatic nitrogens is 1. The summed E-state index contributed by atoms with van der Waals surface area (Å²) in [5.41, 5.74) is 1.72. The number of unbranched alkanes of at least 4 members (excludes halogenated alkanes) is 2. The van der Waals surface area contributed by atoms with Gasteiger partial charge >= 0.3 is 0 Å². The van der Waals surface area contributed by atoms with Crippen molar-refractivity contribution in [2.75, 3.05) is 20.3 Å². The number of pyridine rings is 1. The number of ether oxygens (including phenoxy) is 2. The number of rotatable bonds is 10. The molecule has 3 aromatic rings. The van der Waals surface area contributed by atoms with Crippen LogP contribution in [-0.4, -0.2) is 31.2 Å². The minimum atomic E-state index is -0.438. The van der Waals surface area contributed by atoms with Crippen molar-refractivity contribution in [3.05, 3.63) is 71.7 Å². The van der Waals surface area contributed by atoms with Gasteiger partial charge < -0.3 is 14.8 Å². The van der Waals surface area contributed by atoms with E-state index in [2.05, 4.69) is 10.3 Å². The maximum atomic E-state index is 14.7. The second-order valence-corrected chi connectivity index (χ2v) is 6.72. The molecule has 1 N–H and O–H groups in total. The zero-order chi connectivity index (χ0) is 20.5. The largest absolute Gasteiger partial charge is 0.491 e. The summed E-state index contributed by atoms with van der Waals surface area (Å²) in [6, 6.07) is 14.0. The number of carbonyl (C=O) groups excluding carboxylic acids is 1. The molecule has 0 saturated heterocycles. The number of methoxy groups -OCH3 is 1. The average molecular weight is 396 g/mol. The Hall–Kier alpha value is -2.99. The number of halogens is 1. The molecule has 0 aliphatic rings. The normalized spacial score (nSPS) is 10.8. The molecule has 0 radical (unpaired) electrons. The predicted molar refractivity (Wildman–Crippen MR) is 111 cm³/mol. The van der Waals surface area contributed by atoms with Crippen LogP contribution >= 0.6 is 0 Å². The summed E-state index contributed by atoms with van der Waals surface area (Å²) in [7, 11) is 1.67. The second kappa shape index (κ2) is 10.5. The molecule has 0 spiro atoms. The van der Waals surface area contributed by atoms with Crippen molar-refractivity contribution in [3.8, 4) is 5.75 Å². The first-order valence-electron chi connectivity index (χ1n) is 9.71. The molecular formula is C23H25FN2O3. The molecule has 29 heavy (non-hydrogen) atoms. The van der Waals surface area contributed by atoms with Crippen LogP contribution in [0.5, 0.6) is 5.75 Å². The van der Waals surface area contributed by atoms with E-state index in [1.165, 1.54) is 0 Å². The fourth-order valence-electron chi connectivity index (χ4n) is 3.01. The second-order valence-electron chi connectivity index (χ2n) is 6.72. The van der Waals surface area contributed by atoms with Gasteiger partial charge in [0.05, 0.1) is 12.1 Å². The number of benzene rings is 2. The molecule has 1 amide bonds. The summed E-state index contributed by atoms with van der Waals surface area (Å²) in [4.78, 5) is 16.7. The van der Waals surface area contributed by atoms with Gasteiger partial charge in [0.25, 0.3) is 5.91 Å². The predicted octanol–water partition coefficient (Wildman–Crippen LogP) is 4.50. The molecule has 0 aliphatic carbocycles. The zero-order valence-electron chi connectivity index (χ0n) is 16.5. The van der Waals surface area contributed by atoms with Gasteiger partial charge in [-0.3, -0.25) is 9.78 Å². The number of carbonyl (C=O) groups is 1. The quantitative estimate of drug-likeness (QED) is 0.513. The lowest BCUT2D eigenvalue weighted by molar-refractivity contribution is 0.0950. The molecule has 2 aromatic carbocycles. The summed E-state index contributed by atoms with van der Waals surface area (Å²) in [5, 5.41) is 3.65. The highest BCUT2D eigenvalue weighted by Crippen LogP contribution is 2.21. The molecule has 0 aliphatic heterocycles. The fraction of sp³-hybridized carbons (Fsp3) is 0.304. The van der Waals surface area contributed by atoms with Gasteiger partial charge in [-0.1, -0.05) is 18.2 Å². The van der Waals surface area contributed by atoms with Gasteiger partial charge in [-0.2, -0.15) is 0 Å². The molecule has 152 valence electrons. The van der Waals surface area contributed by atoms with Gasteiger partial charge in [0.2, 0.25) is 0 Å². The van der Waals surface area contributed by atoms with Crippen molar-refractivity contribution >= 4 is 16.8 Å². The van der Waals surface area contributed by atoms with E-state index in [9.17, 15) is 9.18 Å². The van der Waals surface area contributed by atoms with Crippen molar-refractivity contribution in [3.63, 3.8) is 0 Å². The summed E-state index contributed by atoms with van der Waals surface area (Å²) in [5.74, 6) is -0.493. The summed E-state index contributed by atoms with van der Waals surface area (Å²) < 4.78 is 25.2. The Labute approximate surface area is 169 Å². The molecule has 1 heterocycles. The van der Waals surface area contributed by atoms with Gasteiger partial charge in [-0.25, -0.2) is 4.39 Å². The number of nitrogens with zero attached hydrogens (tertiary/aromatic N) is 1. The van der Waals surface area contributed by atoms with Crippen LogP contribution in [0.25, 0.3) is 10.9 Å². The van der Waals surface area contributed by atoms with Crippen molar-refractivity contribution in [1.29, 1.82) is 0 Å². The fourth-order valence-corrected chi connectivity index (χ4v) is 3.01. The highest BCUT2D eigenvalue weighted by atomic mass is 19.1. The first-order chi connectivity index (χ1) is 14.2. The van der Waals surface area contributed by atoms with E-state index in [0.29, 0.717) is 17.7 Å². The maximum Gasteiger partial charge on any atom is 0.251 e. The number of amides is 1. The Kier molecular flexibility index (Phi) is 7.53. The Bertz CT molecular complexity index is 962. The number of hydrogen-bond donors (Lipinski definition) is 1. The lowest BCUT2D eigenvalue weighted by Gasteiger charge is -2.11. The summed E-state index contributed by atoms with van der Waals surface area (Å²) >= 11 is 0. The van der Waals surface area contributed by atoms with E-state index in [4.69, 9.17) is 9.47 Å². The van der Waals surface area contributed by atoms with E-state index in [1.54, 1.807) is 49.7 Å². The molecule has 1 aromatic heterocycles. The van der Waals surface area contributed by atoms with Crippen LogP contribution in [0.15, 0.2) is 54.7 Å². The summed E-state index contributed by atoms with van der Waals surface area (Å²) in [6.07, 6.45) is 4.46. The Morgan fingerprint density at radius 2 is 1.93 bits per heavy atom. The van der Waals surface area contributed by atoms with Gasteiger partial charge in [-0.15, -0.1) is 0 Å². The lowest BCUT2D eigenvalue weighted by Crippen LogP contribution is -2.23. The maximum absolute atomic E-state index is 14.7. The van der Waals surface area contributed by atoms with Crippen molar-refractivity contribution < 1.29 is 18.7 Å². The Morgan fingerprint density at radius 3 is 2.79 bits per heavy atom. The third kappa shape index (κ3) is 5.74. The first kappa shape index (κ1) is 20.7. The standard InChI is InChI=1S/C23H25FN2O3/c1-28-13-3-2-4-14-29-21-9-5-7-19(22(21)24)16-26-23(27)18-10-11-20-17(15-18)8-6-12-25-20/h5-12,15H,2-4,13-14,16H2,1H3,(H,26,27). The van der Waals surface area contributed by atoms with Crippen LogP contribution in [0.2, 0.25) is 0 Å². The highest BCUT2D eigenvalue weighted by Gasteiger charge is 2.12. The summed E-state index contributed by atoms with van der Waals surface area (Å²) in [6.45, 7) is 1.25. The lowest BCUT2D eigenvalue weighted by atomic mass is 10.1. The van der Waals surface area contributed by atoms with Crippen LogP contribution in [-0.2, 0) is 11.3 Å². The molecule has 0 fully saturated rings. The third-order valence-corrected chi connectivity index (χ3v) is 4.60. The minimum Gasteiger partial charge on any atom is -0.491 e. The molecular weight excluding hydrogens is 371 g/mol. The van der Waals surface area contributed by atoms with Crippen molar-refractivity contribution in [1.82, 2.24) is 10.3 Å². The SMILES string of the molecule is COCCCCCOc1cccc(CNC(=O)c2ccc3ncccc3c2)c1F. The number of hydrogen-bond acceptors (Lipinski definition) is 4. The molecule has 5 nitrogen and oxygen atoms in total. The van der Waals surface area contributed by atoms with E-state index < -0.39 is 5.82 Å². The molecule has 0 saturated carbocycles. The van der Waals surface area contributed by atoms with Gasteiger partial charge in [0, 0.05) is 43.0 Å². The van der Waals surface area contributed by atoms with Crippen LogP contribution < -0.4 is 10.1 Å². The molecule has 0 unspecified atom stereocenters. The molecule has 3 rings (SSSR count). The number of fused-ring (bicyclic) bond motifs is 1. The smallest absolute Gasteiger partial charge is 0.251 e. The topological polar surface area (TPSA) is 60.5 Å². The molecule has 0 atom stereocenters. The Balaban J connectivity index is 1.56. The van der Waals surface area contributed by atoms with Crippen molar-refractivity contribution in [2.45, 2.75) is 25.8 Å². The Morgan fingerprint density at radius 1 is 1.07 bits per heavy atom. The van der Waals surface area contributed by atoms with E-state index >= 15 is 0 Å². The van der Waals surface area contributed by atoms with Crippen LogP contribution in [0.3, 0.4) is 0 Å². The van der Waals surface area contributed by atoms with Gasteiger partial charge in [-0.05, 0) is 49.6 Å². The zero-order valence-corrected chi connectivity index (χ0v) is 16.5. The monoisotopic (exact) mass is 396 g/mol. The van der Waals surface area contributed by atoms with Crippen LogP contribution in [0.1, 0.15) is 35.2 Å². The highest BCUT2D eigenvalue weighted by molar-refractivity contribution is 5.97. The van der Waals surface area contributed by atoms with Crippen LogP contribution in [0.4, 0.5) is 4.39 Å². The number of nitrogens with one attached hydrogen (secondary N) is 1. The van der Waals surface area contributed by atoms with E-state index in [1.807, 2.05) is 12.1 Å². The molecule has 6 heteroatoms. The minimum absolute atomic E-state index is 0.0841. The van der Waals surface area contributed by atoms with Gasteiger partial charge in [0.1, 0.15) is 0 Å². The van der Waals surface area contributed by atoms with Gasteiger partial charge in [0.15, 0.2) is 11.6 Å². The van der Waals surface area contributed by atoms with E-state index in [-0.39, 0.29) is 18.2 Å². The average Bonchev–Trinajstić information content (AvgIpc) is 2.75. The first-order valence-corrected chi connectivity index (χ1v) is 9.71. The molecule has 0 bridgehead atoms.